The smallest absolute Gasteiger partial charge is 0.00623 e. The quantitative estimate of drug-likeness (QED) is 0.594. The van der Waals surface area contributed by atoms with E-state index in [1.807, 2.05) is 19.1 Å². The molecule has 0 unspecified atom stereocenters. The van der Waals surface area contributed by atoms with Crippen LogP contribution in [0.4, 0.5) is 0 Å². The van der Waals surface area contributed by atoms with Crippen LogP contribution in [0, 0.1) is 0 Å². The molecule has 0 heterocycles. The summed E-state index contributed by atoms with van der Waals surface area (Å²) in [5, 5.41) is 0. The summed E-state index contributed by atoms with van der Waals surface area (Å²) in [7, 11) is 0. The van der Waals surface area contributed by atoms with Gasteiger partial charge in [0.25, 0.3) is 0 Å². The topological polar surface area (TPSA) is 26.0 Å². The second-order valence-corrected chi connectivity index (χ2v) is 2.21. The molecule has 0 radical (unpaired) electrons. The Bertz CT molecular complexity index is 164. The molecule has 0 aliphatic rings. The Labute approximate surface area is 62.9 Å². The molecule has 0 aliphatic carbocycles. The minimum atomic E-state index is 1.01. The highest BCUT2D eigenvalue weighted by atomic mass is 14.5. The maximum Gasteiger partial charge on any atom is -0.00623 e. The maximum atomic E-state index is 5.18. The van der Waals surface area contributed by atoms with Crippen LogP contribution < -0.4 is 5.73 Å². The molecule has 0 aromatic heterocycles. The molecule has 0 saturated carbocycles. The predicted molar refractivity (Wildman–Crippen MR) is 46.5 cm³/mol. The summed E-state index contributed by atoms with van der Waals surface area (Å²) in [6, 6.07) is 0. The maximum absolute atomic E-state index is 5.18. The molecule has 1 nitrogen and oxygen atoms in total. The predicted octanol–water partition coefficient (Wildman–Crippen LogP) is 2.37. The van der Waals surface area contributed by atoms with E-state index in [1.54, 1.807) is 0 Å². The molecular formula is C9H15N. The molecule has 0 saturated heterocycles. The molecule has 0 aromatic carbocycles. The third kappa shape index (κ3) is 3.13. The zero-order chi connectivity index (χ0) is 7.98. The van der Waals surface area contributed by atoms with Gasteiger partial charge in [-0.3, -0.25) is 0 Å². The minimum absolute atomic E-state index is 1.01. The molecule has 2 N–H and O–H groups in total. The van der Waals surface area contributed by atoms with Gasteiger partial charge < -0.3 is 5.73 Å². The number of hydrogen-bond donors (Lipinski definition) is 1. The van der Waals surface area contributed by atoms with Crippen molar-refractivity contribution in [3.05, 3.63) is 36.1 Å². The molecule has 0 amide bonds. The van der Waals surface area contributed by atoms with Crippen molar-refractivity contribution < 1.29 is 0 Å². The fraction of sp³-hybridized carbons (Fsp3) is 0.333. The number of allylic oxidation sites excluding steroid dienone is 4. The molecule has 0 bridgehead atoms. The van der Waals surface area contributed by atoms with Gasteiger partial charge in [0, 0.05) is 0 Å². The van der Waals surface area contributed by atoms with E-state index in [-0.39, 0.29) is 0 Å². The molecule has 0 aromatic rings. The fourth-order valence-corrected chi connectivity index (χ4v) is 0.734. The van der Waals surface area contributed by atoms with Crippen LogP contribution >= 0.6 is 0 Å². The standard InChI is InChI=1S/C9H15N/c1-4-9(8(2)3)6-5-7-10/h5-7H,2,4,10H2,1,3H3/b7-5-,9-6-. The first-order chi connectivity index (χ1) is 4.72. The van der Waals surface area contributed by atoms with Gasteiger partial charge in [0.05, 0.1) is 0 Å². The molecule has 0 atom stereocenters. The summed E-state index contributed by atoms with van der Waals surface area (Å²) in [4.78, 5) is 0. The summed E-state index contributed by atoms with van der Waals surface area (Å²) in [5.74, 6) is 0. The van der Waals surface area contributed by atoms with Crippen LogP contribution in [0.5, 0.6) is 0 Å². The van der Waals surface area contributed by atoms with E-state index in [1.165, 1.54) is 11.8 Å². The highest BCUT2D eigenvalue weighted by Gasteiger charge is 1.90. The minimum Gasteiger partial charge on any atom is -0.405 e. The van der Waals surface area contributed by atoms with Crippen LogP contribution in [0.3, 0.4) is 0 Å². The zero-order valence-electron chi connectivity index (χ0n) is 6.72. The molecule has 1 heteroatoms. The van der Waals surface area contributed by atoms with Gasteiger partial charge in [-0.25, -0.2) is 0 Å². The Hall–Kier alpha value is -0.980. The van der Waals surface area contributed by atoms with Crippen molar-refractivity contribution in [2.75, 3.05) is 0 Å². The van der Waals surface area contributed by atoms with Gasteiger partial charge in [-0.15, -0.1) is 0 Å². The van der Waals surface area contributed by atoms with Crippen LogP contribution in [0.25, 0.3) is 0 Å². The van der Waals surface area contributed by atoms with E-state index in [0.717, 1.165) is 12.0 Å². The van der Waals surface area contributed by atoms with E-state index in [9.17, 15) is 0 Å². The van der Waals surface area contributed by atoms with Gasteiger partial charge in [-0.1, -0.05) is 25.2 Å². The Morgan fingerprint density at radius 3 is 2.50 bits per heavy atom. The van der Waals surface area contributed by atoms with Crippen LogP contribution in [0.1, 0.15) is 20.3 Å². The Balaban J connectivity index is 4.18. The summed E-state index contributed by atoms with van der Waals surface area (Å²) < 4.78 is 0. The lowest BCUT2D eigenvalue weighted by molar-refractivity contribution is 1.11. The normalized spacial score (nSPS) is 12.4. The largest absolute Gasteiger partial charge is 0.405 e. The second-order valence-electron chi connectivity index (χ2n) is 2.21. The van der Waals surface area contributed by atoms with Gasteiger partial charge in [0.15, 0.2) is 0 Å². The van der Waals surface area contributed by atoms with E-state index in [0.29, 0.717) is 0 Å². The van der Waals surface area contributed by atoms with E-state index in [4.69, 9.17) is 5.73 Å². The van der Waals surface area contributed by atoms with Crippen molar-refractivity contribution in [1.82, 2.24) is 0 Å². The highest BCUT2D eigenvalue weighted by molar-refractivity contribution is 5.29. The van der Waals surface area contributed by atoms with Gasteiger partial charge >= 0.3 is 0 Å². The fourth-order valence-electron chi connectivity index (χ4n) is 0.734. The molecule has 56 valence electrons. The van der Waals surface area contributed by atoms with E-state index in [2.05, 4.69) is 13.5 Å². The number of hydrogen-bond acceptors (Lipinski definition) is 1. The van der Waals surface area contributed by atoms with Crippen molar-refractivity contribution >= 4 is 0 Å². The monoisotopic (exact) mass is 137 g/mol. The SMILES string of the molecule is C=C(C)/C(=C\C=C/N)CC. The average molecular weight is 137 g/mol. The average Bonchev–Trinajstić information content (AvgIpc) is 1.89. The molecule has 0 aliphatic heterocycles. The first kappa shape index (κ1) is 9.02. The molecular weight excluding hydrogens is 122 g/mol. The number of nitrogens with two attached hydrogens (primary N) is 1. The molecule has 0 spiro atoms. The van der Waals surface area contributed by atoms with Crippen molar-refractivity contribution in [3.8, 4) is 0 Å². The van der Waals surface area contributed by atoms with Crippen molar-refractivity contribution in [1.29, 1.82) is 0 Å². The Morgan fingerprint density at radius 2 is 2.20 bits per heavy atom. The van der Waals surface area contributed by atoms with E-state index < -0.39 is 0 Å². The number of rotatable bonds is 3. The highest BCUT2D eigenvalue weighted by Crippen LogP contribution is 2.10. The third-order valence-corrected chi connectivity index (χ3v) is 1.34. The van der Waals surface area contributed by atoms with Crippen molar-refractivity contribution in [2.45, 2.75) is 20.3 Å². The summed E-state index contributed by atoms with van der Waals surface area (Å²) in [5.41, 5.74) is 7.54. The lowest BCUT2D eigenvalue weighted by atomic mass is 10.1. The summed E-state index contributed by atoms with van der Waals surface area (Å²) in [6.45, 7) is 7.94. The van der Waals surface area contributed by atoms with Gasteiger partial charge in [-0.2, -0.15) is 0 Å². The summed E-state index contributed by atoms with van der Waals surface area (Å²) in [6.07, 6.45) is 6.36. The van der Waals surface area contributed by atoms with Crippen LogP contribution in [-0.4, -0.2) is 0 Å². The van der Waals surface area contributed by atoms with Crippen molar-refractivity contribution in [2.24, 2.45) is 5.73 Å². The first-order valence-corrected chi connectivity index (χ1v) is 3.45. The Morgan fingerprint density at radius 1 is 1.60 bits per heavy atom. The van der Waals surface area contributed by atoms with Crippen LogP contribution in [0.15, 0.2) is 36.1 Å². The van der Waals surface area contributed by atoms with Gasteiger partial charge in [-0.05, 0) is 31.2 Å². The molecule has 0 rings (SSSR count). The lowest BCUT2D eigenvalue weighted by Gasteiger charge is -1.99. The van der Waals surface area contributed by atoms with Gasteiger partial charge in [0.2, 0.25) is 0 Å². The first-order valence-electron chi connectivity index (χ1n) is 3.45. The third-order valence-electron chi connectivity index (χ3n) is 1.34. The van der Waals surface area contributed by atoms with Crippen LogP contribution in [-0.2, 0) is 0 Å². The van der Waals surface area contributed by atoms with Crippen LogP contribution in [0.2, 0.25) is 0 Å². The summed E-state index contributed by atoms with van der Waals surface area (Å²) >= 11 is 0. The molecule has 0 fully saturated rings. The van der Waals surface area contributed by atoms with Crippen molar-refractivity contribution in [3.63, 3.8) is 0 Å². The van der Waals surface area contributed by atoms with Gasteiger partial charge in [0.1, 0.15) is 0 Å². The molecule has 10 heavy (non-hydrogen) atoms. The lowest BCUT2D eigenvalue weighted by Crippen LogP contribution is -1.81. The zero-order valence-corrected chi connectivity index (χ0v) is 6.72. The second kappa shape index (κ2) is 4.86. The Kier molecular flexibility index (Phi) is 4.38. The van der Waals surface area contributed by atoms with E-state index >= 15 is 0 Å².